The summed E-state index contributed by atoms with van der Waals surface area (Å²) in [6.45, 7) is 4.56. The van der Waals surface area contributed by atoms with Gasteiger partial charge in [0, 0.05) is 12.3 Å². The van der Waals surface area contributed by atoms with Crippen LogP contribution in [-0.2, 0) is 10.0 Å². The van der Waals surface area contributed by atoms with E-state index in [4.69, 9.17) is 4.74 Å². The minimum atomic E-state index is -3.79. The first kappa shape index (κ1) is 18.8. The van der Waals surface area contributed by atoms with Gasteiger partial charge in [-0.1, -0.05) is 29.5 Å². The number of hydrogen-bond acceptors (Lipinski definition) is 5. The first-order valence-corrected chi connectivity index (χ1v) is 10.8. The highest BCUT2D eigenvalue weighted by molar-refractivity contribution is 8.15. The molecule has 0 N–H and O–H groups in total. The molecule has 0 fully saturated rings. The van der Waals surface area contributed by atoms with E-state index in [-0.39, 0.29) is 4.90 Å². The highest BCUT2D eigenvalue weighted by Gasteiger charge is 2.31. The van der Waals surface area contributed by atoms with Crippen molar-refractivity contribution in [3.63, 3.8) is 0 Å². The van der Waals surface area contributed by atoms with Crippen LogP contribution in [0.25, 0.3) is 0 Å². The minimum Gasteiger partial charge on any atom is -0.497 e. The first-order chi connectivity index (χ1) is 12.4. The van der Waals surface area contributed by atoms with Gasteiger partial charge in [-0.3, -0.25) is 4.99 Å². The van der Waals surface area contributed by atoms with Crippen molar-refractivity contribution in [2.45, 2.75) is 25.2 Å². The monoisotopic (exact) mass is 390 g/mol. The van der Waals surface area contributed by atoms with Gasteiger partial charge in [0.05, 0.1) is 17.7 Å². The Kier molecular flexibility index (Phi) is 5.58. The second kappa shape index (κ2) is 7.72. The number of thioether (sulfide) groups is 1. The third-order valence-corrected chi connectivity index (χ3v) is 7.02. The number of rotatable bonds is 4. The summed E-state index contributed by atoms with van der Waals surface area (Å²) >= 11 is 1.48. The second-order valence-corrected chi connectivity index (χ2v) is 8.95. The summed E-state index contributed by atoms with van der Waals surface area (Å²) in [6, 6.07) is 12.2. The second-order valence-electron chi connectivity index (χ2n) is 6.10. The quantitative estimate of drug-likeness (QED) is 0.792. The van der Waals surface area contributed by atoms with Gasteiger partial charge >= 0.3 is 0 Å². The highest BCUT2D eigenvalue weighted by atomic mass is 32.2. The molecule has 3 rings (SSSR count). The molecule has 0 amide bonds. The summed E-state index contributed by atoms with van der Waals surface area (Å²) in [5.74, 6) is 1.48. The molecular weight excluding hydrogens is 368 g/mol. The molecule has 26 heavy (non-hydrogen) atoms. The zero-order valence-electron chi connectivity index (χ0n) is 15.1. The highest BCUT2D eigenvalue weighted by Crippen LogP contribution is 2.32. The van der Waals surface area contributed by atoms with Gasteiger partial charge in [-0.25, -0.2) is 12.7 Å². The van der Waals surface area contributed by atoms with Crippen molar-refractivity contribution in [2.24, 2.45) is 4.99 Å². The lowest BCUT2D eigenvalue weighted by molar-refractivity contribution is 0.414. The maximum atomic E-state index is 13.5. The maximum absolute atomic E-state index is 13.5. The summed E-state index contributed by atoms with van der Waals surface area (Å²) in [5, 5.41) is 0.527. The molecule has 0 saturated heterocycles. The molecule has 1 heterocycles. The van der Waals surface area contributed by atoms with Gasteiger partial charge in [-0.15, -0.1) is 0 Å². The fraction of sp³-hybridized carbons (Fsp3) is 0.316. The molecule has 0 atom stereocenters. The number of benzene rings is 2. The molecule has 1 aliphatic rings. The number of nitrogens with zero attached hydrogens (tertiary/aromatic N) is 2. The smallest absolute Gasteiger partial charge is 0.270 e. The van der Waals surface area contributed by atoms with E-state index in [1.54, 1.807) is 31.4 Å². The van der Waals surface area contributed by atoms with E-state index in [1.807, 2.05) is 32.0 Å². The third-order valence-electron chi connectivity index (χ3n) is 4.12. The number of anilines is 1. The van der Waals surface area contributed by atoms with Gasteiger partial charge in [0.15, 0.2) is 5.17 Å². The molecule has 2 aromatic carbocycles. The Balaban J connectivity index is 2.14. The zero-order chi connectivity index (χ0) is 18.7. The number of ether oxygens (including phenoxy) is 1. The Labute approximate surface area is 159 Å². The lowest BCUT2D eigenvalue weighted by atomic mass is 10.1. The van der Waals surface area contributed by atoms with Crippen molar-refractivity contribution in [2.75, 3.05) is 23.7 Å². The van der Waals surface area contributed by atoms with Crippen LogP contribution in [0, 0.1) is 13.8 Å². The van der Waals surface area contributed by atoms with Gasteiger partial charge in [0.1, 0.15) is 5.75 Å². The molecular formula is C19H22N2O3S2. The molecule has 7 heteroatoms. The Bertz CT molecular complexity index is 922. The van der Waals surface area contributed by atoms with Gasteiger partial charge in [0.25, 0.3) is 10.0 Å². The molecule has 0 bridgehead atoms. The Hall–Kier alpha value is -1.99. The Morgan fingerprint density at radius 3 is 2.42 bits per heavy atom. The van der Waals surface area contributed by atoms with E-state index >= 15 is 0 Å². The van der Waals surface area contributed by atoms with Crippen molar-refractivity contribution < 1.29 is 13.2 Å². The van der Waals surface area contributed by atoms with Crippen LogP contribution in [0.2, 0.25) is 0 Å². The van der Waals surface area contributed by atoms with E-state index < -0.39 is 10.0 Å². The number of hydrogen-bond donors (Lipinski definition) is 0. The minimum absolute atomic E-state index is 0.215. The topological polar surface area (TPSA) is 59.0 Å². The summed E-state index contributed by atoms with van der Waals surface area (Å²) in [7, 11) is -2.23. The predicted octanol–water partition coefficient (Wildman–Crippen LogP) is 4.00. The van der Waals surface area contributed by atoms with Crippen LogP contribution in [0.15, 0.2) is 52.4 Å². The number of aryl methyl sites for hydroxylation is 2. The van der Waals surface area contributed by atoms with Gasteiger partial charge in [0.2, 0.25) is 0 Å². The van der Waals surface area contributed by atoms with E-state index in [9.17, 15) is 8.42 Å². The molecule has 138 valence electrons. The number of sulfonamides is 1. The molecule has 0 unspecified atom stereocenters. The van der Waals surface area contributed by atoms with Crippen LogP contribution in [-0.4, -0.2) is 33.0 Å². The van der Waals surface area contributed by atoms with Crippen molar-refractivity contribution in [3.8, 4) is 5.75 Å². The van der Waals surface area contributed by atoms with Crippen LogP contribution in [0.3, 0.4) is 0 Å². The van der Waals surface area contributed by atoms with E-state index in [2.05, 4.69) is 4.99 Å². The molecule has 0 saturated carbocycles. The molecule has 0 aromatic heterocycles. The molecule has 1 aliphatic heterocycles. The number of aliphatic imine (C=N–C) groups is 1. The number of amidine groups is 1. The average molecular weight is 391 g/mol. The first-order valence-electron chi connectivity index (χ1n) is 8.37. The molecule has 5 nitrogen and oxygen atoms in total. The SMILES string of the molecule is COc1ccc(S(=O)(=O)N(C2=NCCCS2)c2ccc(C)cc2C)cc1. The molecule has 0 radical (unpaired) electrons. The van der Waals surface area contributed by atoms with Crippen LogP contribution in [0.5, 0.6) is 5.75 Å². The van der Waals surface area contributed by atoms with Crippen molar-refractivity contribution in [1.29, 1.82) is 0 Å². The summed E-state index contributed by atoms with van der Waals surface area (Å²) in [5.41, 5.74) is 2.63. The van der Waals surface area contributed by atoms with Crippen LogP contribution in [0.4, 0.5) is 5.69 Å². The lowest BCUT2D eigenvalue weighted by Crippen LogP contribution is -2.37. The van der Waals surface area contributed by atoms with E-state index in [0.717, 1.165) is 23.3 Å². The predicted molar refractivity (Wildman–Crippen MR) is 108 cm³/mol. The normalized spacial score (nSPS) is 14.7. The van der Waals surface area contributed by atoms with E-state index in [1.165, 1.54) is 16.1 Å². The average Bonchev–Trinajstić information content (AvgIpc) is 2.64. The Morgan fingerprint density at radius 2 is 1.85 bits per heavy atom. The fourth-order valence-electron chi connectivity index (χ4n) is 2.79. The third kappa shape index (κ3) is 3.73. The van der Waals surface area contributed by atoms with Crippen LogP contribution >= 0.6 is 11.8 Å². The standard InChI is InChI=1S/C19H22N2O3S2/c1-14-5-10-18(15(2)13-14)21(19-20-11-4-12-25-19)26(22,23)17-8-6-16(24-3)7-9-17/h5-10,13H,4,11-12H2,1-3H3. The summed E-state index contributed by atoms with van der Waals surface area (Å²) < 4.78 is 33.4. The fourth-order valence-corrected chi connectivity index (χ4v) is 5.52. The van der Waals surface area contributed by atoms with Gasteiger partial charge in [-0.2, -0.15) is 0 Å². The largest absolute Gasteiger partial charge is 0.497 e. The summed E-state index contributed by atoms with van der Waals surface area (Å²) in [6.07, 6.45) is 0.956. The number of methoxy groups -OCH3 is 1. The van der Waals surface area contributed by atoms with Gasteiger partial charge < -0.3 is 4.74 Å². The lowest BCUT2D eigenvalue weighted by Gasteiger charge is -2.28. The Morgan fingerprint density at radius 1 is 1.12 bits per heavy atom. The molecule has 2 aromatic rings. The van der Waals surface area contributed by atoms with Crippen LogP contribution < -0.4 is 9.04 Å². The van der Waals surface area contributed by atoms with Crippen LogP contribution in [0.1, 0.15) is 17.5 Å². The van der Waals surface area contributed by atoms with E-state index in [0.29, 0.717) is 23.1 Å². The molecule has 0 aliphatic carbocycles. The summed E-state index contributed by atoms with van der Waals surface area (Å²) in [4.78, 5) is 4.71. The maximum Gasteiger partial charge on any atom is 0.270 e. The zero-order valence-corrected chi connectivity index (χ0v) is 16.7. The van der Waals surface area contributed by atoms with Crippen molar-refractivity contribution in [1.82, 2.24) is 0 Å². The van der Waals surface area contributed by atoms with Crippen molar-refractivity contribution >= 4 is 32.6 Å². The molecule has 0 spiro atoms. The van der Waals surface area contributed by atoms with Crippen molar-refractivity contribution in [3.05, 3.63) is 53.6 Å². The van der Waals surface area contributed by atoms with Gasteiger partial charge in [-0.05, 0) is 56.2 Å².